The Hall–Kier alpha value is -1.90. The molecule has 0 radical (unpaired) electrons. The summed E-state index contributed by atoms with van der Waals surface area (Å²) in [6.07, 6.45) is 1.69. The molecule has 0 unspecified atom stereocenters. The topological polar surface area (TPSA) is 67.2 Å². The van der Waals surface area contributed by atoms with Gasteiger partial charge in [-0.2, -0.15) is 4.99 Å². The molecule has 0 spiro atoms. The number of benzene rings is 2. The summed E-state index contributed by atoms with van der Waals surface area (Å²) in [5, 5.41) is 14.2. The van der Waals surface area contributed by atoms with Crippen LogP contribution in [-0.2, 0) is 4.79 Å². The van der Waals surface area contributed by atoms with Crippen LogP contribution >= 0.6 is 57.9 Å². The average Bonchev–Trinajstić information content (AvgIpc) is 3.25. The molecule has 0 aliphatic carbocycles. The van der Waals surface area contributed by atoms with Crippen LogP contribution in [0.5, 0.6) is 0 Å². The number of hydrogen-bond donors (Lipinski definition) is 1. The first-order valence-corrected chi connectivity index (χ1v) is 10.6. The number of aromatic nitrogens is 2. The number of aliphatic imine (C=N–C) groups is 1. The number of rotatable bonds is 3. The lowest BCUT2D eigenvalue weighted by Gasteiger charge is -1.99. The highest BCUT2D eigenvalue weighted by Crippen LogP contribution is 2.33. The van der Waals surface area contributed by atoms with Gasteiger partial charge in [0.2, 0.25) is 5.13 Å². The van der Waals surface area contributed by atoms with Gasteiger partial charge >= 0.3 is 0 Å². The van der Waals surface area contributed by atoms with Crippen LogP contribution in [0.4, 0.5) is 5.13 Å². The molecule has 28 heavy (non-hydrogen) atoms. The van der Waals surface area contributed by atoms with Crippen molar-refractivity contribution in [2.24, 2.45) is 4.99 Å². The van der Waals surface area contributed by atoms with Crippen LogP contribution in [0.2, 0.25) is 15.1 Å². The fourth-order valence-corrected chi connectivity index (χ4v) is 4.48. The maximum Gasteiger partial charge on any atom is 0.264 e. The van der Waals surface area contributed by atoms with E-state index in [1.54, 1.807) is 36.4 Å². The largest absolute Gasteiger partial charge is 0.300 e. The molecule has 10 heteroatoms. The number of halogens is 3. The summed E-state index contributed by atoms with van der Waals surface area (Å²) >= 11 is 20.5. The van der Waals surface area contributed by atoms with Crippen LogP contribution in [0.15, 0.2) is 52.4 Å². The SMILES string of the molecule is O=C1N/C(=N\c2nnc(-c3ccc(Cl)cc3)s2)S/C1=C\c1ccc(Cl)cc1Cl. The van der Waals surface area contributed by atoms with Crippen molar-refractivity contribution in [1.29, 1.82) is 0 Å². The van der Waals surface area contributed by atoms with Crippen molar-refractivity contribution in [2.75, 3.05) is 0 Å². The highest BCUT2D eigenvalue weighted by atomic mass is 35.5. The van der Waals surface area contributed by atoms with E-state index in [1.165, 1.54) is 23.1 Å². The third-order valence-corrected chi connectivity index (χ3v) is 6.19. The lowest BCUT2D eigenvalue weighted by atomic mass is 10.2. The predicted molar refractivity (Wildman–Crippen MR) is 118 cm³/mol. The minimum absolute atomic E-state index is 0.253. The van der Waals surface area contributed by atoms with Crippen molar-refractivity contribution in [1.82, 2.24) is 15.5 Å². The normalized spacial score (nSPS) is 16.8. The third kappa shape index (κ3) is 4.39. The lowest BCUT2D eigenvalue weighted by Crippen LogP contribution is -2.19. The summed E-state index contributed by atoms with van der Waals surface area (Å²) in [5.74, 6) is -0.253. The quantitative estimate of drug-likeness (QED) is 0.476. The van der Waals surface area contributed by atoms with Crippen molar-refractivity contribution in [3.8, 4) is 10.6 Å². The van der Waals surface area contributed by atoms with Gasteiger partial charge in [0, 0.05) is 20.6 Å². The van der Waals surface area contributed by atoms with Crippen molar-refractivity contribution in [3.63, 3.8) is 0 Å². The predicted octanol–water partition coefficient (Wildman–Crippen LogP) is 6.06. The van der Waals surface area contributed by atoms with Gasteiger partial charge in [-0.1, -0.05) is 64.3 Å². The summed E-state index contributed by atoms with van der Waals surface area (Å²) in [7, 11) is 0. The van der Waals surface area contributed by atoms with Crippen LogP contribution < -0.4 is 5.32 Å². The van der Waals surface area contributed by atoms with Gasteiger partial charge < -0.3 is 5.32 Å². The summed E-state index contributed by atoms with van der Waals surface area (Å²) in [6.45, 7) is 0. The van der Waals surface area contributed by atoms with Gasteiger partial charge in [0.25, 0.3) is 5.91 Å². The van der Waals surface area contributed by atoms with Crippen LogP contribution in [0.25, 0.3) is 16.6 Å². The first-order chi connectivity index (χ1) is 13.5. The number of amides is 1. The monoisotopic (exact) mass is 466 g/mol. The molecule has 1 saturated heterocycles. The van der Waals surface area contributed by atoms with Crippen LogP contribution in [0.1, 0.15) is 5.56 Å². The Morgan fingerprint density at radius 3 is 2.50 bits per heavy atom. The molecule has 0 atom stereocenters. The maximum atomic E-state index is 12.2. The minimum atomic E-state index is -0.253. The van der Waals surface area contributed by atoms with Crippen molar-refractivity contribution in [3.05, 3.63) is 68.0 Å². The van der Waals surface area contributed by atoms with Crippen molar-refractivity contribution >= 4 is 80.2 Å². The zero-order valence-corrected chi connectivity index (χ0v) is 17.7. The molecule has 1 aromatic heterocycles. The van der Waals surface area contributed by atoms with E-state index in [4.69, 9.17) is 34.8 Å². The van der Waals surface area contributed by atoms with Gasteiger partial charge in [0.1, 0.15) is 5.01 Å². The second-order valence-electron chi connectivity index (χ2n) is 5.54. The molecule has 1 aliphatic rings. The van der Waals surface area contributed by atoms with Crippen LogP contribution in [0, 0.1) is 0 Å². The first kappa shape index (κ1) is 19.4. The number of carbonyl (C=O) groups excluding carboxylic acids is 1. The third-order valence-electron chi connectivity index (χ3n) is 3.60. The highest BCUT2D eigenvalue weighted by molar-refractivity contribution is 8.18. The van der Waals surface area contributed by atoms with Crippen LogP contribution in [-0.4, -0.2) is 21.3 Å². The molecule has 2 aromatic carbocycles. The molecule has 4 rings (SSSR count). The van der Waals surface area contributed by atoms with E-state index in [-0.39, 0.29) is 5.91 Å². The highest BCUT2D eigenvalue weighted by Gasteiger charge is 2.24. The second-order valence-corrected chi connectivity index (χ2v) is 8.81. The summed E-state index contributed by atoms with van der Waals surface area (Å²) in [4.78, 5) is 17.1. The first-order valence-electron chi connectivity index (χ1n) is 7.82. The molecule has 1 fully saturated rings. The Kier molecular flexibility index (Phi) is 5.70. The molecular weight excluding hydrogens is 459 g/mol. The van der Waals surface area contributed by atoms with Gasteiger partial charge in [-0.15, -0.1) is 10.2 Å². The molecular formula is C18H9Cl3N4OS2. The Bertz CT molecular complexity index is 1130. The Balaban J connectivity index is 1.54. The molecule has 1 amide bonds. The number of nitrogens with one attached hydrogen (secondary N) is 1. The molecule has 1 N–H and O–H groups in total. The molecule has 0 saturated carbocycles. The van der Waals surface area contributed by atoms with Crippen LogP contribution in [0.3, 0.4) is 0 Å². The molecule has 2 heterocycles. The standard InChI is InChI=1S/C18H9Cl3N4OS2/c19-11-4-1-9(2-5-11)16-24-25-18(28-16)23-17-22-15(26)14(27-17)7-10-3-6-12(20)8-13(10)21/h1-8H,(H,22,23,25,26)/b14-7-. The number of nitrogens with zero attached hydrogens (tertiary/aromatic N) is 3. The van der Waals surface area contributed by atoms with Crippen molar-refractivity contribution < 1.29 is 4.79 Å². The average molecular weight is 468 g/mol. The number of hydrogen-bond acceptors (Lipinski definition) is 6. The van der Waals surface area contributed by atoms with E-state index in [2.05, 4.69) is 20.5 Å². The van der Waals surface area contributed by atoms with E-state index >= 15 is 0 Å². The zero-order valence-electron chi connectivity index (χ0n) is 13.8. The van der Waals surface area contributed by atoms with Crippen molar-refractivity contribution in [2.45, 2.75) is 0 Å². The fourth-order valence-electron chi connectivity index (χ4n) is 2.30. The zero-order chi connectivity index (χ0) is 19.7. The number of thioether (sulfide) groups is 1. The van der Waals surface area contributed by atoms with Gasteiger partial charge in [0.05, 0.1) is 4.91 Å². The lowest BCUT2D eigenvalue weighted by molar-refractivity contribution is -0.115. The molecule has 5 nitrogen and oxygen atoms in total. The summed E-state index contributed by atoms with van der Waals surface area (Å²) < 4.78 is 0. The maximum absolute atomic E-state index is 12.2. The van der Waals surface area contributed by atoms with Gasteiger partial charge in [-0.05, 0) is 47.7 Å². The second kappa shape index (κ2) is 8.23. The van der Waals surface area contributed by atoms with Gasteiger partial charge in [0.15, 0.2) is 5.17 Å². The molecule has 1 aliphatic heterocycles. The fraction of sp³-hybridized carbons (Fsp3) is 0. The van der Waals surface area contributed by atoms with E-state index in [1.807, 2.05) is 12.1 Å². The summed E-state index contributed by atoms with van der Waals surface area (Å²) in [5.41, 5.74) is 1.60. The molecule has 3 aromatic rings. The molecule has 140 valence electrons. The number of carbonyl (C=O) groups is 1. The van der Waals surface area contributed by atoms with E-state index < -0.39 is 0 Å². The minimum Gasteiger partial charge on any atom is -0.300 e. The summed E-state index contributed by atoms with van der Waals surface area (Å²) in [6, 6.07) is 12.4. The van der Waals surface area contributed by atoms with Gasteiger partial charge in [-0.25, -0.2) is 0 Å². The van der Waals surface area contributed by atoms with E-state index in [9.17, 15) is 4.79 Å². The Morgan fingerprint density at radius 1 is 1.00 bits per heavy atom. The van der Waals surface area contributed by atoms with E-state index in [0.717, 1.165) is 5.56 Å². The Morgan fingerprint density at radius 2 is 1.75 bits per heavy atom. The number of amidine groups is 1. The Labute approximate surface area is 183 Å². The van der Waals surface area contributed by atoms with Gasteiger partial charge in [-0.3, -0.25) is 4.79 Å². The molecule has 0 bridgehead atoms. The smallest absolute Gasteiger partial charge is 0.264 e. The van der Waals surface area contributed by atoms with E-state index in [0.29, 0.717) is 40.8 Å².